The lowest BCUT2D eigenvalue weighted by Gasteiger charge is -2.01. The van der Waals surface area contributed by atoms with Crippen molar-refractivity contribution in [3.8, 4) is 0 Å². The number of halogens is 1. The first kappa shape index (κ1) is 10.2. The normalized spacial score (nSPS) is 9.92. The molecule has 0 aliphatic heterocycles. The molecule has 4 heteroatoms. The fourth-order valence-electron chi connectivity index (χ4n) is 0.961. The maximum absolute atomic E-state index is 10.2. The van der Waals surface area contributed by atoms with Gasteiger partial charge in [0.05, 0.1) is 6.54 Å². The van der Waals surface area contributed by atoms with Gasteiger partial charge in [-0.1, -0.05) is 28.1 Å². The molecule has 70 valence electrons. The quantitative estimate of drug-likeness (QED) is 0.846. The molecule has 0 fully saturated rings. The number of aliphatic carboxylic acids is 1. The van der Waals surface area contributed by atoms with Crippen molar-refractivity contribution in [2.75, 3.05) is 6.54 Å². The van der Waals surface area contributed by atoms with Gasteiger partial charge >= 0.3 is 5.97 Å². The van der Waals surface area contributed by atoms with Crippen LogP contribution in [-0.4, -0.2) is 17.6 Å². The molecule has 0 unspecified atom stereocenters. The van der Waals surface area contributed by atoms with Crippen molar-refractivity contribution in [2.45, 2.75) is 6.54 Å². The van der Waals surface area contributed by atoms with E-state index in [2.05, 4.69) is 21.2 Å². The Balaban J connectivity index is 2.41. The minimum absolute atomic E-state index is 0.00743. The average Bonchev–Trinajstić information content (AvgIpc) is 2.03. The summed E-state index contributed by atoms with van der Waals surface area (Å²) in [4.78, 5) is 10.2. The summed E-state index contributed by atoms with van der Waals surface area (Å²) in [6.07, 6.45) is 0. The van der Waals surface area contributed by atoms with Gasteiger partial charge in [-0.2, -0.15) is 0 Å². The second-order valence-corrected chi connectivity index (χ2v) is 3.54. The van der Waals surface area contributed by atoms with Crippen molar-refractivity contribution >= 4 is 21.9 Å². The van der Waals surface area contributed by atoms with Crippen LogP contribution in [0.3, 0.4) is 0 Å². The molecule has 2 N–H and O–H groups in total. The van der Waals surface area contributed by atoms with E-state index < -0.39 is 5.97 Å². The number of benzene rings is 1. The molecule has 13 heavy (non-hydrogen) atoms. The van der Waals surface area contributed by atoms with Gasteiger partial charge in [-0.3, -0.25) is 4.79 Å². The zero-order valence-electron chi connectivity index (χ0n) is 6.96. The highest BCUT2D eigenvalue weighted by atomic mass is 79.9. The lowest BCUT2D eigenvalue weighted by molar-refractivity contribution is -0.135. The summed E-state index contributed by atoms with van der Waals surface area (Å²) < 4.78 is 1.00. The molecular formula is C9H10BrNO2. The van der Waals surface area contributed by atoms with Crippen molar-refractivity contribution < 1.29 is 9.90 Å². The molecule has 3 nitrogen and oxygen atoms in total. The highest BCUT2D eigenvalue weighted by Gasteiger charge is 1.96. The molecule has 0 heterocycles. The van der Waals surface area contributed by atoms with Crippen molar-refractivity contribution in [3.63, 3.8) is 0 Å². The predicted octanol–water partition coefficient (Wildman–Crippen LogP) is 1.62. The number of carbonyl (C=O) groups is 1. The minimum atomic E-state index is -0.838. The third kappa shape index (κ3) is 4.05. The maximum Gasteiger partial charge on any atom is 0.317 e. The Morgan fingerprint density at radius 3 is 2.92 bits per heavy atom. The van der Waals surface area contributed by atoms with Gasteiger partial charge in [0.25, 0.3) is 0 Å². The van der Waals surface area contributed by atoms with E-state index in [1.807, 2.05) is 24.3 Å². The minimum Gasteiger partial charge on any atom is -0.480 e. The Morgan fingerprint density at radius 2 is 2.31 bits per heavy atom. The molecule has 1 aromatic carbocycles. The Hall–Kier alpha value is -0.870. The zero-order chi connectivity index (χ0) is 9.68. The Labute approximate surface area is 84.9 Å². The van der Waals surface area contributed by atoms with Crippen LogP contribution in [0.15, 0.2) is 28.7 Å². The summed E-state index contributed by atoms with van der Waals surface area (Å²) in [5.41, 5.74) is 1.07. The Morgan fingerprint density at radius 1 is 1.54 bits per heavy atom. The maximum atomic E-state index is 10.2. The summed E-state index contributed by atoms with van der Waals surface area (Å²) in [5, 5.41) is 11.2. The summed E-state index contributed by atoms with van der Waals surface area (Å²) >= 11 is 3.34. The number of carboxylic acid groups (broad SMARTS) is 1. The van der Waals surface area contributed by atoms with E-state index in [4.69, 9.17) is 5.11 Å². The van der Waals surface area contributed by atoms with E-state index in [-0.39, 0.29) is 6.54 Å². The Bertz CT molecular complexity index is 301. The molecule has 0 saturated carbocycles. The lowest BCUT2D eigenvalue weighted by atomic mass is 10.2. The number of carboxylic acids is 1. The molecule has 0 radical (unpaired) electrons. The number of hydrogen-bond acceptors (Lipinski definition) is 2. The molecule has 0 amide bonds. The van der Waals surface area contributed by atoms with E-state index in [0.29, 0.717) is 6.54 Å². The average molecular weight is 244 g/mol. The molecule has 1 aromatic rings. The Kier molecular flexibility index (Phi) is 3.92. The number of nitrogens with one attached hydrogen (secondary N) is 1. The van der Waals surface area contributed by atoms with Gasteiger partial charge in [-0.05, 0) is 17.7 Å². The summed E-state index contributed by atoms with van der Waals surface area (Å²) in [5.74, 6) is -0.838. The predicted molar refractivity (Wildman–Crippen MR) is 53.5 cm³/mol. The first-order valence-corrected chi connectivity index (χ1v) is 4.65. The van der Waals surface area contributed by atoms with Crippen molar-refractivity contribution in [2.24, 2.45) is 0 Å². The lowest BCUT2D eigenvalue weighted by Crippen LogP contribution is -2.21. The highest BCUT2D eigenvalue weighted by molar-refractivity contribution is 9.10. The van der Waals surface area contributed by atoms with Crippen LogP contribution in [0.25, 0.3) is 0 Å². The zero-order valence-corrected chi connectivity index (χ0v) is 8.54. The molecule has 0 spiro atoms. The number of rotatable bonds is 4. The molecule has 0 saturated heterocycles. The third-order valence-corrected chi connectivity index (χ3v) is 1.99. The summed E-state index contributed by atoms with van der Waals surface area (Å²) in [6, 6.07) is 7.75. The van der Waals surface area contributed by atoms with Crippen molar-refractivity contribution in [1.82, 2.24) is 5.32 Å². The molecule has 0 atom stereocenters. The van der Waals surface area contributed by atoms with Crippen LogP contribution in [0.1, 0.15) is 5.56 Å². The fraction of sp³-hybridized carbons (Fsp3) is 0.222. The van der Waals surface area contributed by atoms with Gasteiger partial charge in [-0.15, -0.1) is 0 Å². The second-order valence-electron chi connectivity index (χ2n) is 2.63. The van der Waals surface area contributed by atoms with Crippen LogP contribution >= 0.6 is 15.9 Å². The van der Waals surface area contributed by atoms with E-state index >= 15 is 0 Å². The molecule has 0 bridgehead atoms. The van der Waals surface area contributed by atoms with Crippen LogP contribution in [0, 0.1) is 0 Å². The van der Waals surface area contributed by atoms with Crippen LogP contribution in [0.2, 0.25) is 0 Å². The van der Waals surface area contributed by atoms with Crippen LogP contribution < -0.4 is 5.32 Å². The smallest absolute Gasteiger partial charge is 0.317 e. The van der Waals surface area contributed by atoms with Gasteiger partial charge < -0.3 is 10.4 Å². The van der Waals surface area contributed by atoms with Crippen LogP contribution in [0.5, 0.6) is 0 Å². The van der Waals surface area contributed by atoms with E-state index in [0.717, 1.165) is 10.0 Å². The SMILES string of the molecule is O=C(O)CNCc1cccc(Br)c1. The van der Waals surface area contributed by atoms with Gasteiger partial charge in [0.15, 0.2) is 0 Å². The summed E-state index contributed by atoms with van der Waals surface area (Å²) in [6.45, 7) is 0.568. The largest absolute Gasteiger partial charge is 0.480 e. The first-order chi connectivity index (χ1) is 6.18. The van der Waals surface area contributed by atoms with Crippen LogP contribution in [-0.2, 0) is 11.3 Å². The monoisotopic (exact) mass is 243 g/mol. The number of hydrogen-bond donors (Lipinski definition) is 2. The van der Waals surface area contributed by atoms with Crippen LogP contribution in [0.4, 0.5) is 0 Å². The van der Waals surface area contributed by atoms with Gasteiger partial charge in [0.1, 0.15) is 0 Å². The van der Waals surface area contributed by atoms with E-state index in [1.165, 1.54) is 0 Å². The summed E-state index contributed by atoms with van der Waals surface area (Å²) in [7, 11) is 0. The van der Waals surface area contributed by atoms with Gasteiger partial charge in [-0.25, -0.2) is 0 Å². The fourth-order valence-corrected chi connectivity index (χ4v) is 1.41. The molecule has 1 rings (SSSR count). The third-order valence-electron chi connectivity index (χ3n) is 1.49. The second kappa shape index (κ2) is 4.99. The first-order valence-electron chi connectivity index (χ1n) is 3.85. The van der Waals surface area contributed by atoms with Crippen molar-refractivity contribution in [3.05, 3.63) is 34.3 Å². The van der Waals surface area contributed by atoms with E-state index in [1.54, 1.807) is 0 Å². The van der Waals surface area contributed by atoms with Gasteiger partial charge in [0.2, 0.25) is 0 Å². The molecule has 0 aliphatic rings. The standard InChI is InChI=1S/C9H10BrNO2/c10-8-3-1-2-7(4-8)5-11-6-9(12)13/h1-4,11H,5-6H2,(H,12,13). The molecule has 0 aliphatic carbocycles. The molecular weight excluding hydrogens is 234 g/mol. The van der Waals surface area contributed by atoms with E-state index in [9.17, 15) is 4.79 Å². The van der Waals surface area contributed by atoms with Gasteiger partial charge in [0, 0.05) is 11.0 Å². The topological polar surface area (TPSA) is 49.3 Å². The molecule has 0 aromatic heterocycles. The van der Waals surface area contributed by atoms with Crippen molar-refractivity contribution in [1.29, 1.82) is 0 Å². The highest BCUT2D eigenvalue weighted by Crippen LogP contribution is 2.10.